The Morgan fingerprint density at radius 1 is 1.36 bits per heavy atom. The van der Waals surface area contributed by atoms with Gasteiger partial charge in [-0.15, -0.1) is 0 Å². The molecule has 4 rings (SSSR count). The molecule has 0 aromatic carbocycles. The van der Waals surface area contributed by atoms with Crippen LogP contribution in [0.5, 0.6) is 5.88 Å². The molecule has 2 heterocycles. The lowest BCUT2D eigenvalue weighted by Crippen LogP contribution is -2.59. The number of aromatic nitrogens is 1. The minimum atomic E-state index is -0.534. The van der Waals surface area contributed by atoms with E-state index in [0.29, 0.717) is 11.4 Å². The van der Waals surface area contributed by atoms with Gasteiger partial charge in [-0.2, -0.15) is 0 Å². The number of pyridine rings is 1. The van der Waals surface area contributed by atoms with Crippen molar-refractivity contribution in [1.82, 2.24) is 15.2 Å². The first-order chi connectivity index (χ1) is 13.1. The molecule has 150 valence electrons. The largest absolute Gasteiger partial charge is 0.474 e. The van der Waals surface area contributed by atoms with Crippen molar-refractivity contribution in [2.24, 2.45) is 16.6 Å². The Kier molecular flexibility index (Phi) is 4.17. The Balaban J connectivity index is 1.33. The summed E-state index contributed by atoms with van der Waals surface area (Å²) in [7, 11) is 0. The van der Waals surface area contributed by atoms with Gasteiger partial charge >= 0.3 is 0 Å². The molecule has 0 radical (unpaired) electrons. The number of carbonyl (C=O) groups is 2. The third-order valence-corrected chi connectivity index (χ3v) is 6.29. The van der Waals surface area contributed by atoms with E-state index >= 15 is 0 Å². The number of rotatable bonds is 4. The molecule has 2 saturated carbocycles. The second kappa shape index (κ2) is 6.22. The van der Waals surface area contributed by atoms with E-state index in [9.17, 15) is 9.59 Å². The molecular weight excluding hydrogens is 356 g/mol. The van der Waals surface area contributed by atoms with Crippen LogP contribution in [0.3, 0.4) is 0 Å². The molecule has 1 aromatic rings. The van der Waals surface area contributed by atoms with Crippen LogP contribution in [-0.4, -0.2) is 39.9 Å². The normalized spacial score (nSPS) is 32.0. The molecule has 2 amide bonds. The summed E-state index contributed by atoms with van der Waals surface area (Å²) in [4.78, 5) is 30.4. The fourth-order valence-electron chi connectivity index (χ4n) is 4.83. The summed E-state index contributed by atoms with van der Waals surface area (Å²) in [6.07, 6.45) is 5.36. The van der Waals surface area contributed by atoms with E-state index in [4.69, 9.17) is 10.5 Å². The lowest BCUT2D eigenvalue weighted by atomic mass is 9.52. The molecule has 3 N–H and O–H groups in total. The predicted molar refractivity (Wildman–Crippen MR) is 104 cm³/mol. The summed E-state index contributed by atoms with van der Waals surface area (Å²) in [6, 6.07) is 3.29. The van der Waals surface area contributed by atoms with Crippen LogP contribution in [0, 0.1) is 10.8 Å². The molecule has 28 heavy (non-hydrogen) atoms. The van der Waals surface area contributed by atoms with Crippen molar-refractivity contribution >= 4 is 11.8 Å². The van der Waals surface area contributed by atoms with Gasteiger partial charge in [0, 0.05) is 12.2 Å². The smallest absolute Gasteiger partial charge is 0.254 e. The van der Waals surface area contributed by atoms with Crippen LogP contribution in [0.25, 0.3) is 0 Å². The summed E-state index contributed by atoms with van der Waals surface area (Å²) >= 11 is 0. The van der Waals surface area contributed by atoms with Crippen molar-refractivity contribution in [2.75, 3.05) is 0 Å². The average Bonchev–Trinajstić information content (AvgIpc) is 2.84. The fraction of sp³-hybridized carbons (Fsp3) is 0.571. The highest BCUT2D eigenvalue weighted by atomic mass is 16.5. The van der Waals surface area contributed by atoms with E-state index in [1.54, 1.807) is 18.3 Å². The lowest BCUT2D eigenvalue weighted by Gasteiger charge is -2.58. The van der Waals surface area contributed by atoms with Gasteiger partial charge in [0.2, 0.25) is 5.88 Å². The number of nitrogens with one attached hydrogen (secondary N) is 1. The maximum absolute atomic E-state index is 12.8. The van der Waals surface area contributed by atoms with Crippen molar-refractivity contribution in [3.63, 3.8) is 0 Å². The van der Waals surface area contributed by atoms with Crippen molar-refractivity contribution in [3.05, 3.63) is 36.3 Å². The number of hydrogen-bond acceptors (Lipinski definition) is 5. The van der Waals surface area contributed by atoms with Gasteiger partial charge in [-0.05, 0) is 48.6 Å². The summed E-state index contributed by atoms with van der Waals surface area (Å²) in [5.41, 5.74) is 5.77. The molecular formula is C21H28N4O3. The summed E-state index contributed by atoms with van der Waals surface area (Å²) in [5, 5.41) is 3.27. The van der Waals surface area contributed by atoms with Crippen molar-refractivity contribution in [2.45, 2.75) is 64.6 Å². The first-order valence-electron chi connectivity index (χ1n) is 9.80. The Bertz CT molecular complexity index is 830. The second-order valence-corrected chi connectivity index (χ2v) is 9.53. The number of nitrogens with two attached hydrogens (primary N) is 1. The van der Waals surface area contributed by atoms with E-state index in [1.807, 2.05) is 4.90 Å². The van der Waals surface area contributed by atoms with Crippen LogP contribution in [0.4, 0.5) is 0 Å². The van der Waals surface area contributed by atoms with Gasteiger partial charge in [-0.1, -0.05) is 27.4 Å². The lowest BCUT2D eigenvalue weighted by molar-refractivity contribution is -0.144. The van der Waals surface area contributed by atoms with E-state index in [1.165, 1.54) is 0 Å². The van der Waals surface area contributed by atoms with Crippen LogP contribution in [0.1, 0.15) is 56.8 Å². The predicted octanol–water partition coefficient (Wildman–Crippen LogP) is 2.19. The van der Waals surface area contributed by atoms with Gasteiger partial charge in [0.1, 0.15) is 23.5 Å². The van der Waals surface area contributed by atoms with Gasteiger partial charge < -0.3 is 15.8 Å². The number of amides is 2. The van der Waals surface area contributed by atoms with Crippen molar-refractivity contribution < 1.29 is 14.3 Å². The highest BCUT2D eigenvalue weighted by molar-refractivity contribution is 5.94. The molecule has 1 atom stereocenters. The van der Waals surface area contributed by atoms with E-state index in [2.05, 4.69) is 37.7 Å². The van der Waals surface area contributed by atoms with Crippen LogP contribution in [0.2, 0.25) is 0 Å². The second-order valence-electron chi connectivity index (χ2n) is 9.53. The van der Waals surface area contributed by atoms with E-state index in [-0.39, 0.29) is 34.9 Å². The Labute approximate surface area is 165 Å². The van der Waals surface area contributed by atoms with Gasteiger partial charge in [0.15, 0.2) is 0 Å². The van der Waals surface area contributed by atoms with E-state index < -0.39 is 5.91 Å². The molecule has 2 aliphatic carbocycles. The van der Waals surface area contributed by atoms with Crippen LogP contribution < -0.4 is 15.8 Å². The Morgan fingerprint density at radius 3 is 2.61 bits per heavy atom. The van der Waals surface area contributed by atoms with Crippen molar-refractivity contribution in [1.29, 1.82) is 0 Å². The summed E-state index contributed by atoms with van der Waals surface area (Å²) in [5.74, 6) is 0.624. The molecule has 1 unspecified atom stereocenters. The maximum atomic E-state index is 12.8. The third-order valence-electron chi connectivity index (χ3n) is 6.29. The van der Waals surface area contributed by atoms with E-state index in [0.717, 1.165) is 31.5 Å². The number of hydrogen-bond donors (Lipinski definition) is 2. The zero-order valence-corrected chi connectivity index (χ0v) is 16.7. The molecule has 1 saturated heterocycles. The Hall–Kier alpha value is -2.57. The van der Waals surface area contributed by atoms with Crippen LogP contribution in [0.15, 0.2) is 30.7 Å². The maximum Gasteiger partial charge on any atom is 0.254 e. The highest BCUT2D eigenvalue weighted by Gasteiger charge is 2.58. The molecule has 1 aromatic heterocycles. The molecule has 0 bridgehead atoms. The zero-order chi connectivity index (χ0) is 20.3. The molecule has 3 fully saturated rings. The molecule has 3 aliphatic rings. The topological polar surface area (TPSA) is 97.6 Å². The van der Waals surface area contributed by atoms with Crippen LogP contribution >= 0.6 is 0 Å². The number of primary amides is 1. The summed E-state index contributed by atoms with van der Waals surface area (Å²) in [6.45, 7) is 10.2. The molecule has 1 aliphatic heterocycles. The van der Waals surface area contributed by atoms with Crippen LogP contribution in [-0.2, 0) is 4.79 Å². The van der Waals surface area contributed by atoms with Gasteiger partial charge in [-0.25, -0.2) is 4.98 Å². The highest BCUT2D eigenvalue weighted by Crippen LogP contribution is 2.58. The Morgan fingerprint density at radius 2 is 2.04 bits per heavy atom. The zero-order valence-electron chi connectivity index (χ0n) is 16.7. The van der Waals surface area contributed by atoms with Gasteiger partial charge in [-0.3, -0.25) is 14.5 Å². The SMILES string of the molecule is C=C1NC(C(C)(C)C)C(=O)N1C1CC2(CC(Oc3ncccc3C(N)=O)C2)C1. The van der Waals surface area contributed by atoms with Crippen molar-refractivity contribution in [3.8, 4) is 5.88 Å². The minimum Gasteiger partial charge on any atom is -0.474 e. The minimum absolute atomic E-state index is 0.0341. The number of ether oxygens (including phenoxy) is 1. The third kappa shape index (κ3) is 3.02. The molecule has 7 nitrogen and oxygen atoms in total. The first kappa shape index (κ1) is 18.8. The summed E-state index contributed by atoms with van der Waals surface area (Å²) < 4.78 is 5.92. The quantitative estimate of drug-likeness (QED) is 0.829. The fourth-order valence-corrected chi connectivity index (χ4v) is 4.83. The van der Waals surface area contributed by atoms with Gasteiger partial charge in [0.05, 0.1) is 0 Å². The number of carbonyl (C=O) groups excluding carboxylic acids is 2. The average molecular weight is 384 g/mol. The molecule has 7 heteroatoms. The molecule has 1 spiro atoms. The standard InChI is InChI=1S/C21H28N4O3/c1-12-24-16(20(2,3)4)19(27)25(12)13-8-21(9-13)10-14(11-21)28-18-15(17(22)26)6-5-7-23-18/h5-7,13-14,16,24H,1,8-11H2,2-4H3,(H2,22,26). The monoisotopic (exact) mass is 384 g/mol. The first-order valence-corrected chi connectivity index (χ1v) is 9.80. The number of nitrogens with zero attached hydrogens (tertiary/aromatic N) is 2. The van der Waals surface area contributed by atoms with Gasteiger partial charge in [0.25, 0.3) is 11.8 Å².